The summed E-state index contributed by atoms with van der Waals surface area (Å²) in [5, 5.41) is 22.1. The number of nitrogens with one attached hydrogen (secondary N) is 1. The molecule has 1 saturated heterocycles. The molecule has 3 heterocycles. The molecule has 132 valence electrons. The number of nitrogens with zero attached hydrogens (tertiary/aromatic N) is 2. The summed E-state index contributed by atoms with van der Waals surface area (Å²) in [7, 11) is 1.60. The number of aliphatic imine (C=N–C) groups is 1. The molecule has 1 fully saturated rings. The molecule has 3 aliphatic rings. The highest BCUT2D eigenvalue weighted by atomic mass is 32.2. The second kappa shape index (κ2) is 6.95. The number of aliphatic hydroxyl groups is 1. The molecule has 10 heteroatoms. The number of hydrogen-bond donors (Lipinski definition) is 3. The van der Waals surface area contributed by atoms with E-state index in [0.29, 0.717) is 23.9 Å². The third-order valence-electron chi connectivity index (χ3n) is 4.04. The van der Waals surface area contributed by atoms with Crippen LogP contribution in [0.3, 0.4) is 0 Å². The maximum absolute atomic E-state index is 12.1. The molecule has 0 aromatic rings. The average molecular weight is 373 g/mol. The van der Waals surface area contributed by atoms with Crippen molar-refractivity contribution in [1.82, 2.24) is 10.2 Å². The van der Waals surface area contributed by atoms with Crippen molar-refractivity contribution in [2.45, 2.75) is 23.7 Å². The molecule has 3 N–H and O–H groups in total. The third kappa shape index (κ3) is 3.03. The Hall–Kier alpha value is -1.23. The van der Waals surface area contributed by atoms with Gasteiger partial charge in [0.2, 0.25) is 5.91 Å². The largest absolute Gasteiger partial charge is 0.477 e. The monoisotopic (exact) mass is 373 g/mol. The summed E-state index contributed by atoms with van der Waals surface area (Å²) in [5.74, 6) is -1.19. The van der Waals surface area contributed by atoms with E-state index in [0.717, 1.165) is 5.84 Å². The van der Waals surface area contributed by atoms with Crippen LogP contribution in [-0.2, 0) is 14.3 Å². The summed E-state index contributed by atoms with van der Waals surface area (Å²) in [6.45, 7) is 3.20. The van der Waals surface area contributed by atoms with E-state index in [1.807, 2.05) is 0 Å². The molecule has 0 aromatic carbocycles. The van der Waals surface area contributed by atoms with Gasteiger partial charge in [0, 0.05) is 18.9 Å². The van der Waals surface area contributed by atoms with Gasteiger partial charge in [0.25, 0.3) is 0 Å². The minimum absolute atomic E-state index is 0.0311. The van der Waals surface area contributed by atoms with Crippen LogP contribution in [0.2, 0.25) is 0 Å². The number of carbonyl (C=O) groups excluding carboxylic acids is 1. The van der Waals surface area contributed by atoms with Crippen LogP contribution in [0.5, 0.6) is 0 Å². The molecule has 1 amide bonds. The van der Waals surface area contributed by atoms with Crippen LogP contribution in [0.4, 0.5) is 0 Å². The summed E-state index contributed by atoms with van der Waals surface area (Å²) >= 11 is 2.77. The lowest BCUT2D eigenvalue weighted by Gasteiger charge is -2.43. The van der Waals surface area contributed by atoms with Crippen LogP contribution < -0.4 is 5.32 Å². The molecular formula is C14H19N3O5S2. The van der Waals surface area contributed by atoms with Gasteiger partial charge in [-0.25, -0.2) is 4.79 Å². The number of hydrogen-bond acceptors (Lipinski definition) is 8. The van der Waals surface area contributed by atoms with E-state index in [2.05, 4.69) is 10.3 Å². The quantitative estimate of drug-likeness (QED) is 0.554. The van der Waals surface area contributed by atoms with E-state index in [1.165, 1.54) is 28.4 Å². The van der Waals surface area contributed by atoms with Gasteiger partial charge in [-0.05, 0) is 6.92 Å². The second-order valence-corrected chi connectivity index (χ2v) is 8.46. The number of β-lactam (4-membered cyclic amide) rings is 1. The molecule has 4 atom stereocenters. The van der Waals surface area contributed by atoms with Gasteiger partial charge in [0.05, 0.1) is 22.8 Å². The number of fused-ring (bicyclic) bond motifs is 1. The lowest BCUT2D eigenvalue weighted by atomic mass is 9.92. The van der Waals surface area contributed by atoms with Crippen LogP contribution in [0.15, 0.2) is 14.9 Å². The normalized spacial score (nSPS) is 30.5. The summed E-state index contributed by atoms with van der Waals surface area (Å²) in [5.41, 5.74) is 0.0311. The van der Waals surface area contributed by atoms with E-state index in [-0.39, 0.29) is 22.2 Å². The molecule has 8 nitrogen and oxygen atoms in total. The van der Waals surface area contributed by atoms with Crippen molar-refractivity contribution in [2.24, 2.45) is 10.9 Å². The Kier molecular flexibility index (Phi) is 5.09. The molecule has 0 aromatic heterocycles. The fourth-order valence-corrected chi connectivity index (χ4v) is 6.02. The van der Waals surface area contributed by atoms with Crippen LogP contribution in [-0.4, -0.2) is 76.4 Å². The summed E-state index contributed by atoms with van der Waals surface area (Å²) in [6.07, 6.45) is -0.789. The number of carbonyl (C=O) groups is 2. The van der Waals surface area contributed by atoms with Gasteiger partial charge in [-0.3, -0.25) is 14.7 Å². The molecule has 0 saturated carbocycles. The van der Waals surface area contributed by atoms with E-state index < -0.39 is 18.0 Å². The van der Waals surface area contributed by atoms with Crippen LogP contribution >= 0.6 is 23.5 Å². The van der Waals surface area contributed by atoms with E-state index in [1.54, 1.807) is 14.0 Å². The lowest BCUT2D eigenvalue weighted by molar-refractivity contribution is -0.156. The zero-order chi connectivity index (χ0) is 17.4. The predicted octanol–water partition coefficient (Wildman–Crippen LogP) is -0.0979. The van der Waals surface area contributed by atoms with Crippen molar-refractivity contribution in [3.05, 3.63) is 9.93 Å². The zero-order valence-corrected chi connectivity index (χ0v) is 14.9. The first-order chi connectivity index (χ1) is 11.4. The van der Waals surface area contributed by atoms with Gasteiger partial charge in [-0.15, -0.1) is 11.8 Å². The molecular weight excluding hydrogens is 354 g/mol. The highest BCUT2D eigenvalue weighted by Crippen LogP contribution is 2.54. The van der Waals surface area contributed by atoms with Crippen molar-refractivity contribution < 1.29 is 24.5 Å². The van der Waals surface area contributed by atoms with Gasteiger partial charge in [0.1, 0.15) is 17.8 Å². The number of amidine groups is 1. The smallest absolute Gasteiger partial charge is 0.354 e. The fourth-order valence-electron chi connectivity index (χ4n) is 2.86. The standard InChI is InChI=1S/C14H19N3O5S2/c1-6(18)9-11(19)17-10(13(20)21)14(24-12(9)17)23-7-3-15-8(5-22-2)16-4-7/h6-7,9,12,18H,3-5H2,1-2H3,(H,15,16)(H,20,21)/t6?,9?,12-/m0/s1. The summed E-state index contributed by atoms with van der Waals surface area (Å²) < 4.78 is 5.63. The third-order valence-corrected chi connectivity index (χ3v) is 6.83. The van der Waals surface area contributed by atoms with Crippen molar-refractivity contribution in [3.8, 4) is 0 Å². The van der Waals surface area contributed by atoms with Gasteiger partial charge < -0.3 is 20.3 Å². The van der Waals surface area contributed by atoms with E-state index in [9.17, 15) is 19.8 Å². The minimum Gasteiger partial charge on any atom is -0.477 e. The Morgan fingerprint density at radius 3 is 2.92 bits per heavy atom. The summed E-state index contributed by atoms with van der Waals surface area (Å²) in [4.78, 5) is 29.4. The molecule has 0 spiro atoms. The Morgan fingerprint density at radius 1 is 1.62 bits per heavy atom. The maximum atomic E-state index is 12.1. The number of carboxylic acid groups (broad SMARTS) is 1. The number of aliphatic hydroxyl groups excluding tert-OH is 1. The molecule has 3 unspecified atom stereocenters. The molecule has 0 bridgehead atoms. The Bertz CT molecular complexity index is 622. The lowest BCUT2D eigenvalue weighted by Crippen LogP contribution is -2.60. The highest BCUT2D eigenvalue weighted by Gasteiger charge is 2.57. The number of ether oxygens (including phenoxy) is 1. The second-order valence-electron chi connectivity index (χ2n) is 5.77. The first kappa shape index (κ1) is 17.6. The van der Waals surface area contributed by atoms with E-state index >= 15 is 0 Å². The van der Waals surface area contributed by atoms with Crippen molar-refractivity contribution in [3.63, 3.8) is 0 Å². The van der Waals surface area contributed by atoms with Crippen LogP contribution in [0, 0.1) is 5.92 Å². The first-order valence-electron chi connectivity index (χ1n) is 7.52. The Balaban J connectivity index is 1.72. The van der Waals surface area contributed by atoms with Gasteiger partial charge in [-0.2, -0.15) is 0 Å². The van der Waals surface area contributed by atoms with Crippen molar-refractivity contribution in [2.75, 3.05) is 26.8 Å². The average Bonchev–Trinajstić information content (AvgIpc) is 2.83. The molecule has 3 aliphatic heterocycles. The Morgan fingerprint density at radius 2 is 2.38 bits per heavy atom. The number of aliphatic carboxylic acids is 1. The van der Waals surface area contributed by atoms with Gasteiger partial charge in [-0.1, -0.05) is 11.8 Å². The molecule has 3 rings (SSSR count). The first-order valence-corrected chi connectivity index (χ1v) is 9.28. The summed E-state index contributed by atoms with van der Waals surface area (Å²) in [6, 6.07) is 0. The number of thioether (sulfide) groups is 2. The topological polar surface area (TPSA) is 111 Å². The Labute approximate surface area is 147 Å². The SMILES string of the molecule is COCC1=NCC(SC2=C(C(=O)O)N3C(=O)C(C(C)O)[C@@H]3S2)CN1. The van der Waals surface area contributed by atoms with Crippen molar-refractivity contribution >= 4 is 41.2 Å². The van der Waals surface area contributed by atoms with Crippen LogP contribution in [0.1, 0.15) is 6.92 Å². The van der Waals surface area contributed by atoms with Gasteiger partial charge >= 0.3 is 5.97 Å². The van der Waals surface area contributed by atoms with Crippen LogP contribution in [0.25, 0.3) is 0 Å². The minimum atomic E-state index is -1.11. The number of amides is 1. The molecule has 0 aliphatic carbocycles. The molecule has 0 radical (unpaired) electrons. The van der Waals surface area contributed by atoms with Gasteiger partial charge in [0.15, 0.2) is 5.70 Å². The van der Waals surface area contributed by atoms with Crippen molar-refractivity contribution in [1.29, 1.82) is 0 Å². The number of carboxylic acids is 1. The highest BCUT2D eigenvalue weighted by molar-refractivity contribution is 8.23. The predicted molar refractivity (Wildman–Crippen MR) is 91.6 cm³/mol. The zero-order valence-electron chi connectivity index (χ0n) is 13.3. The number of rotatable bonds is 6. The fraction of sp³-hybridized carbons (Fsp3) is 0.643. The number of methoxy groups -OCH3 is 1. The van der Waals surface area contributed by atoms with E-state index in [4.69, 9.17) is 4.74 Å². The maximum Gasteiger partial charge on any atom is 0.354 e. The molecule has 24 heavy (non-hydrogen) atoms.